The number of hydrogen-bond donors (Lipinski definition) is 1. The molecule has 0 amide bonds. The first kappa shape index (κ1) is 17.0. The van der Waals surface area contributed by atoms with Gasteiger partial charge in [-0.15, -0.1) is 0 Å². The summed E-state index contributed by atoms with van der Waals surface area (Å²) in [6.07, 6.45) is 0. The van der Waals surface area contributed by atoms with Crippen molar-refractivity contribution in [3.05, 3.63) is 59.2 Å². The third kappa shape index (κ3) is 4.30. The predicted molar refractivity (Wildman–Crippen MR) is 84.7 cm³/mol. The minimum Gasteiger partial charge on any atom is -0.496 e. The molecule has 0 fully saturated rings. The molecule has 0 aromatic heterocycles. The molecule has 0 spiro atoms. The summed E-state index contributed by atoms with van der Waals surface area (Å²) in [6.45, 7) is 2.01. The van der Waals surface area contributed by atoms with Crippen LogP contribution in [0.15, 0.2) is 47.4 Å². The lowest BCUT2D eigenvalue weighted by atomic mass is 10.1. The maximum Gasteiger partial charge on any atom is 0.342 e. The van der Waals surface area contributed by atoms with Crippen molar-refractivity contribution in [2.24, 2.45) is 5.14 Å². The summed E-state index contributed by atoms with van der Waals surface area (Å²) in [5.74, 6) is -0.472. The van der Waals surface area contributed by atoms with E-state index in [0.717, 1.165) is 17.2 Å². The highest BCUT2D eigenvalue weighted by atomic mass is 32.2. The third-order valence-electron chi connectivity index (χ3n) is 3.17. The lowest BCUT2D eigenvalue weighted by molar-refractivity contribution is 0.0468. The van der Waals surface area contributed by atoms with Gasteiger partial charge in [-0.25, -0.2) is 18.4 Å². The van der Waals surface area contributed by atoms with Crippen molar-refractivity contribution in [3.8, 4) is 5.75 Å². The molecule has 0 bridgehead atoms. The van der Waals surface area contributed by atoms with Crippen molar-refractivity contribution in [1.82, 2.24) is 0 Å². The lowest BCUT2D eigenvalue weighted by Crippen LogP contribution is -2.14. The Morgan fingerprint density at radius 3 is 2.52 bits per heavy atom. The van der Waals surface area contributed by atoms with Crippen LogP contribution in [0.2, 0.25) is 0 Å². The van der Waals surface area contributed by atoms with E-state index < -0.39 is 16.0 Å². The number of sulfonamides is 1. The number of methoxy groups -OCH3 is 1. The van der Waals surface area contributed by atoms with Gasteiger partial charge in [-0.3, -0.25) is 0 Å². The quantitative estimate of drug-likeness (QED) is 0.843. The van der Waals surface area contributed by atoms with Gasteiger partial charge in [0.05, 0.1) is 12.0 Å². The zero-order valence-corrected chi connectivity index (χ0v) is 13.6. The van der Waals surface area contributed by atoms with Crippen molar-refractivity contribution < 1.29 is 22.7 Å². The van der Waals surface area contributed by atoms with Crippen molar-refractivity contribution >= 4 is 16.0 Å². The van der Waals surface area contributed by atoms with Crippen LogP contribution in [-0.4, -0.2) is 21.5 Å². The fourth-order valence-electron chi connectivity index (χ4n) is 2.05. The molecule has 7 heteroatoms. The Labute approximate surface area is 134 Å². The van der Waals surface area contributed by atoms with Crippen LogP contribution in [0.1, 0.15) is 21.5 Å². The number of benzene rings is 2. The second kappa shape index (κ2) is 6.80. The Morgan fingerprint density at radius 2 is 1.91 bits per heavy atom. The van der Waals surface area contributed by atoms with E-state index in [9.17, 15) is 13.2 Å². The van der Waals surface area contributed by atoms with Gasteiger partial charge in [-0.05, 0) is 30.7 Å². The number of rotatable bonds is 5. The molecule has 2 rings (SSSR count). The van der Waals surface area contributed by atoms with Gasteiger partial charge >= 0.3 is 5.97 Å². The number of esters is 1. The molecular formula is C16H17NO5S. The summed E-state index contributed by atoms with van der Waals surface area (Å²) in [4.78, 5) is 12.0. The normalized spacial score (nSPS) is 11.1. The average molecular weight is 335 g/mol. The van der Waals surface area contributed by atoms with Crippen LogP contribution in [0.5, 0.6) is 5.75 Å². The van der Waals surface area contributed by atoms with Crippen LogP contribution in [0.3, 0.4) is 0 Å². The largest absolute Gasteiger partial charge is 0.496 e. The molecule has 0 unspecified atom stereocenters. The van der Waals surface area contributed by atoms with Gasteiger partial charge in [-0.2, -0.15) is 0 Å². The number of ether oxygens (including phenoxy) is 2. The molecule has 0 saturated heterocycles. The standard InChI is InChI=1S/C16H17NO5S/c1-11-4-3-5-12(8-11)10-22-16(18)14-9-13(23(17,19)20)6-7-15(14)21-2/h3-9H,10H2,1-2H3,(H2,17,19,20). The Kier molecular flexibility index (Phi) is 5.02. The maximum atomic E-state index is 12.2. The molecule has 0 aliphatic rings. The maximum absolute atomic E-state index is 12.2. The van der Waals surface area contributed by atoms with Gasteiger partial charge in [0, 0.05) is 0 Å². The van der Waals surface area contributed by atoms with Crippen LogP contribution >= 0.6 is 0 Å². The molecule has 23 heavy (non-hydrogen) atoms. The monoisotopic (exact) mass is 335 g/mol. The van der Waals surface area contributed by atoms with Gasteiger partial charge in [0.15, 0.2) is 0 Å². The number of carbonyl (C=O) groups excluding carboxylic acids is 1. The Morgan fingerprint density at radius 1 is 1.17 bits per heavy atom. The highest BCUT2D eigenvalue weighted by Gasteiger charge is 2.18. The fraction of sp³-hybridized carbons (Fsp3) is 0.188. The molecule has 2 aromatic rings. The first-order valence-corrected chi connectivity index (χ1v) is 8.29. The smallest absolute Gasteiger partial charge is 0.342 e. The molecule has 0 saturated carbocycles. The third-order valence-corrected chi connectivity index (χ3v) is 4.08. The van der Waals surface area contributed by atoms with Crippen molar-refractivity contribution in [1.29, 1.82) is 0 Å². The first-order valence-electron chi connectivity index (χ1n) is 6.75. The molecule has 0 aliphatic heterocycles. The summed E-state index contributed by atoms with van der Waals surface area (Å²) in [5.41, 5.74) is 1.89. The molecular weight excluding hydrogens is 318 g/mol. The molecule has 2 aromatic carbocycles. The van der Waals surface area contributed by atoms with E-state index in [-0.39, 0.29) is 22.8 Å². The predicted octanol–water partition coefficient (Wildman–Crippen LogP) is 2.01. The van der Waals surface area contributed by atoms with Crippen LogP contribution in [-0.2, 0) is 21.4 Å². The summed E-state index contributed by atoms with van der Waals surface area (Å²) < 4.78 is 33.1. The molecule has 0 radical (unpaired) electrons. The summed E-state index contributed by atoms with van der Waals surface area (Å²) >= 11 is 0. The minimum absolute atomic E-state index is 0.00618. The number of carbonyl (C=O) groups is 1. The van der Waals surface area contributed by atoms with E-state index in [1.165, 1.54) is 19.2 Å². The van der Waals surface area contributed by atoms with Gasteiger partial charge < -0.3 is 9.47 Å². The van der Waals surface area contributed by atoms with Crippen LogP contribution in [0, 0.1) is 6.92 Å². The van der Waals surface area contributed by atoms with Crippen LogP contribution in [0.25, 0.3) is 0 Å². The molecule has 6 nitrogen and oxygen atoms in total. The van der Waals surface area contributed by atoms with E-state index in [2.05, 4.69) is 0 Å². The molecule has 0 aliphatic carbocycles. The highest BCUT2D eigenvalue weighted by Crippen LogP contribution is 2.23. The van der Waals surface area contributed by atoms with Gasteiger partial charge in [0.25, 0.3) is 0 Å². The SMILES string of the molecule is COc1ccc(S(N)(=O)=O)cc1C(=O)OCc1cccc(C)c1. The number of hydrogen-bond acceptors (Lipinski definition) is 5. The summed E-state index contributed by atoms with van der Waals surface area (Å²) in [7, 11) is -2.54. The van der Waals surface area contributed by atoms with Gasteiger partial charge in [0.1, 0.15) is 17.9 Å². The Hall–Kier alpha value is -2.38. The lowest BCUT2D eigenvalue weighted by Gasteiger charge is -2.10. The van der Waals surface area contributed by atoms with Crippen LogP contribution in [0.4, 0.5) is 0 Å². The zero-order valence-electron chi connectivity index (χ0n) is 12.8. The number of aryl methyl sites for hydroxylation is 1. The number of nitrogens with two attached hydrogens (primary N) is 1. The fourth-order valence-corrected chi connectivity index (χ4v) is 2.59. The average Bonchev–Trinajstić information content (AvgIpc) is 2.51. The van der Waals surface area contributed by atoms with Crippen LogP contribution < -0.4 is 9.88 Å². The van der Waals surface area contributed by atoms with Gasteiger partial charge in [-0.1, -0.05) is 29.8 Å². The Balaban J connectivity index is 2.24. The molecule has 0 heterocycles. The van der Waals surface area contributed by atoms with Crippen molar-refractivity contribution in [3.63, 3.8) is 0 Å². The summed E-state index contributed by atoms with van der Waals surface area (Å²) in [5, 5.41) is 5.08. The molecule has 2 N–H and O–H groups in total. The number of primary sulfonamides is 1. The first-order chi connectivity index (χ1) is 10.8. The minimum atomic E-state index is -3.92. The van der Waals surface area contributed by atoms with Crippen molar-refractivity contribution in [2.45, 2.75) is 18.4 Å². The second-order valence-corrected chi connectivity index (χ2v) is 6.53. The summed E-state index contributed by atoms with van der Waals surface area (Å²) in [6, 6.07) is 11.3. The van der Waals surface area contributed by atoms with E-state index >= 15 is 0 Å². The topological polar surface area (TPSA) is 95.7 Å². The van der Waals surface area contributed by atoms with E-state index in [0.29, 0.717) is 0 Å². The van der Waals surface area contributed by atoms with Crippen molar-refractivity contribution in [2.75, 3.05) is 7.11 Å². The van der Waals surface area contributed by atoms with Gasteiger partial charge in [0.2, 0.25) is 10.0 Å². The van der Waals surface area contributed by atoms with E-state index in [1.54, 1.807) is 0 Å². The molecule has 0 atom stereocenters. The zero-order chi connectivity index (χ0) is 17.0. The second-order valence-electron chi connectivity index (χ2n) is 4.97. The Bertz CT molecular complexity index is 830. The molecule has 122 valence electrons. The van der Waals surface area contributed by atoms with E-state index in [4.69, 9.17) is 14.6 Å². The van der Waals surface area contributed by atoms with E-state index in [1.807, 2.05) is 31.2 Å². The highest BCUT2D eigenvalue weighted by molar-refractivity contribution is 7.89.